The minimum atomic E-state index is -0.323. The molecule has 0 heterocycles. The van der Waals surface area contributed by atoms with Crippen molar-refractivity contribution in [2.45, 2.75) is 58.0 Å². The number of hydrogen-bond donors (Lipinski definition) is 1. The minimum absolute atomic E-state index is 0.323. The van der Waals surface area contributed by atoms with Gasteiger partial charge in [-0.3, -0.25) is 0 Å². The van der Waals surface area contributed by atoms with E-state index >= 15 is 0 Å². The lowest BCUT2D eigenvalue weighted by atomic mass is 9.88. The molecule has 1 nitrogen and oxygen atoms in total. The van der Waals surface area contributed by atoms with Crippen LogP contribution < -0.4 is 0 Å². The van der Waals surface area contributed by atoms with Crippen LogP contribution in [0.4, 0.5) is 0 Å². The van der Waals surface area contributed by atoms with E-state index in [9.17, 15) is 5.11 Å². The summed E-state index contributed by atoms with van der Waals surface area (Å²) in [4.78, 5) is 0. The van der Waals surface area contributed by atoms with Gasteiger partial charge in [0.1, 0.15) is 0 Å². The van der Waals surface area contributed by atoms with E-state index in [-0.39, 0.29) is 5.60 Å². The Balaban J connectivity index is 2.51. The van der Waals surface area contributed by atoms with Gasteiger partial charge in [-0.2, -0.15) is 0 Å². The van der Waals surface area contributed by atoms with Gasteiger partial charge in [0.05, 0.1) is 5.60 Å². The normalized spacial score (nSPS) is 40.1. The second kappa shape index (κ2) is 3.57. The molecule has 0 spiro atoms. The summed E-state index contributed by atoms with van der Waals surface area (Å²) in [6, 6.07) is 0. The first-order chi connectivity index (χ1) is 5.16. The fraction of sp³-hybridized carbons (Fsp3) is 1.00. The van der Waals surface area contributed by atoms with Crippen LogP contribution in [0, 0.1) is 5.92 Å². The molecule has 0 aromatic carbocycles. The monoisotopic (exact) mass is 156 g/mol. The lowest BCUT2D eigenvalue weighted by Crippen LogP contribution is -2.28. The fourth-order valence-corrected chi connectivity index (χ4v) is 2.12. The molecule has 1 N–H and O–H groups in total. The maximum atomic E-state index is 10.0. The molecule has 0 aromatic heterocycles. The summed E-state index contributed by atoms with van der Waals surface area (Å²) in [5.74, 6) is 0.724. The standard InChI is InChI=1S/C10H20O/c1-3-10(11)7-5-4-6-9(2)8-10/h9,11H,3-8H2,1-2H3. The zero-order valence-electron chi connectivity index (χ0n) is 7.77. The Bertz CT molecular complexity index is 122. The second-order valence-electron chi connectivity index (χ2n) is 4.13. The van der Waals surface area contributed by atoms with E-state index in [4.69, 9.17) is 0 Å². The summed E-state index contributed by atoms with van der Waals surface area (Å²) in [7, 11) is 0. The minimum Gasteiger partial charge on any atom is -0.390 e. The van der Waals surface area contributed by atoms with Crippen molar-refractivity contribution in [3.63, 3.8) is 0 Å². The number of rotatable bonds is 1. The molecule has 2 atom stereocenters. The summed E-state index contributed by atoms with van der Waals surface area (Å²) in [5, 5.41) is 10.0. The molecule has 0 amide bonds. The highest BCUT2D eigenvalue weighted by Crippen LogP contribution is 2.32. The Hall–Kier alpha value is -0.0400. The van der Waals surface area contributed by atoms with Crippen LogP contribution in [0.2, 0.25) is 0 Å². The predicted molar refractivity (Wildman–Crippen MR) is 47.5 cm³/mol. The molecule has 1 rings (SSSR count). The smallest absolute Gasteiger partial charge is 0.0647 e. The van der Waals surface area contributed by atoms with Gasteiger partial charge in [0.2, 0.25) is 0 Å². The van der Waals surface area contributed by atoms with E-state index in [0.717, 1.165) is 25.2 Å². The van der Waals surface area contributed by atoms with Gasteiger partial charge in [0, 0.05) is 0 Å². The van der Waals surface area contributed by atoms with Gasteiger partial charge in [-0.15, -0.1) is 0 Å². The molecular weight excluding hydrogens is 136 g/mol. The van der Waals surface area contributed by atoms with Crippen LogP contribution in [-0.4, -0.2) is 10.7 Å². The van der Waals surface area contributed by atoms with Crippen LogP contribution in [0.25, 0.3) is 0 Å². The van der Waals surface area contributed by atoms with E-state index in [1.807, 2.05) is 0 Å². The first-order valence-electron chi connectivity index (χ1n) is 4.89. The number of aliphatic hydroxyl groups is 1. The SMILES string of the molecule is CCC1(O)CCCCC(C)C1. The van der Waals surface area contributed by atoms with Gasteiger partial charge >= 0.3 is 0 Å². The van der Waals surface area contributed by atoms with E-state index in [2.05, 4.69) is 13.8 Å². The lowest BCUT2D eigenvalue weighted by Gasteiger charge is -2.26. The maximum Gasteiger partial charge on any atom is 0.0647 e. The molecule has 66 valence electrons. The molecule has 11 heavy (non-hydrogen) atoms. The van der Waals surface area contributed by atoms with Crippen molar-refractivity contribution in [2.75, 3.05) is 0 Å². The molecule has 1 fully saturated rings. The second-order valence-corrected chi connectivity index (χ2v) is 4.13. The Kier molecular flexibility index (Phi) is 2.94. The van der Waals surface area contributed by atoms with E-state index < -0.39 is 0 Å². The van der Waals surface area contributed by atoms with E-state index in [1.54, 1.807) is 0 Å². The Labute approximate surface area is 69.8 Å². The summed E-state index contributed by atoms with van der Waals surface area (Å²) in [6.45, 7) is 4.35. The zero-order chi connectivity index (χ0) is 8.32. The van der Waals surface area contributed by atoms with Crippen LogP contribution in [0.15, 0.2) is 0 Å². The first kappa shape index (κ1) is 9.05. The Morgan fingerprint density at radius 1 is 1.45 bits per heavy atom. The molecule has 0 aromatic rings. The lowest BCUT2D eigenvalue weighted by molar-refractivity contribution is 0.0115. The van der Waals surface area contributed by atoms with Crippen molar-refractivity contribution in [3.8, 4) is 0 Å². The molecular formula is C10H20O. The topological polar surface area (TPSA) is 20.2 Å². The third kappa shape index (κ3) is 2.48. The maximum absolute atomic E-state index is 10.0. The largest absolute Gasteiger partial charge is 0.390 e. The molecule has 2 unspecified atom stereocenters. The van der Waals surface area contributed by atoms with Crippen molar-refractivity contribution < 1.29 is 5.11 Å². The van der Waals surface area contributed by atoms with Crippen LogP contribution in [0.1, 0.15) is 52.4 Å². The van der Waals surface area contributed by atoms with Gasteiger partial charge in [-0.1, -0.05) is 33.1 Å². The quantitative estimate of drug-likeness (QED) is 0.579. The Morgan fingerprint density at radius 3 is 2.82 bits per heavy atom. The van der Waals surface area contributed by atoms with Gasteiger partial charge in [0.25, 0.3) is 0 Å². The highest BCUT2D eigenvalue weighted by molar-refractivity contribution is 4.81. The molecule has 0 radical (unpaired) electrons. The highest BCUT2D eigenvalue weighted by Gasteiger charge is 2.28. The van der Waals surface area contributed by atoms with Gasteiger partial charge < -0.3 is 5.11 Å². The van der Waals surface area contributed by atoms with Crippen molar-refractivity contribution >= 4 is 0 Å². The van der Waals surface area contributed by atoms with E-state index in [1.165, 1.54) is 19.3 Å². The van der Waals surface area contributed by atoms with Gasteiger partial charge in [0.15, 0.2) is 0 Å². The molecule has 1 aliphatic rings. The Morgan fingerprint density at radius 2 is 2.18 bits per heavy atom. The van der Waals surface area contributed by atoms with Crippen molar-refractivity contribution in [1.82, 2.24) is 0 Å². The zero-order valence-corrected chi connectivity index (χ0v) is 7.77. The molecule has 1 heteroatoms. The third-order valence-corrected chi connectivity index (χ3v) is 2.98. The first-order valence-corrected chi connectivity index (χ1v) is 4.89. The summed E-state index contributed by atoms with van der Waals surface area (Å²) >= 11 is 0. The summed E-state index contributed by atoms with van der Waals surface area (Å²) < 4.78 is 0. The van der Waals surface area contributed by atoms with Crippen LogP contribution in [0.5, 0.6) is 0 Å². The average Bonchev–Trinajstić information content (AvgIpc) is 2.13. The van der Waals surface area contributed by atoms with Gasteiger partial charge in [-0.25, -0.2) is 0 Å². The van der Waals surface area contributed by atoms with Crippen LogP contribution in [0.3, 0.4) is 0 Å². The van der Waals surface area contributed by atoms with E-state index in [0.29, 0.717) is 0 Å². The van der Waals surface area contributed by atoms with Crippen molar-refractivity contribution in [3.05, 3.63) is 0 Å². The van der Waals surface area contributed by atoms with Gasteiger partial charge in [-0.05, 0) is 25.2 Å². The predicted octanol–water partition coefficient (Wildman–Crippen LogP) is 2.73. The third-order valence-electron chi connectivity index (χ3n) is 2.98. The van der Waals surface area contributed by atoms with Crippen molar-refractivity contribution in [2.24, 2.45) is 5.92 Å². The highest BCUT2D eigenvalue weighted by atomic mass is 16.3. The summed E-state index contributed by atoms with van der Waals surface area (Å²) in [6.07, 6.45) is 6.80. The van der Waals surface area contributed by atoms with Crippen molar-refractivity contribution in [1.29, 1.82) is 0 Å². The molecule has 1 aliphatic carbocycles. The molecule has 0 saturated heterocycles. The fourth-order valence-electron chi connectivity index (χ4n) is 2.12. The number of hydrogen-bond acceptors (Lipinski definition) is 1. The van der Waals surface area contributed by atoms with Crippen LogP contribution in [-0.2, 0) is 0 Å². The average molecular weight is 156 g/mol. The molecule has 0 bridgehead atoms. The molecule has 0 aliphatic heterocycles. The molecule has 1 saturated carbocycles. The summed E-state index contributed by atoms with van der Waals surface area (Å²) in [5.41, 5.74) is -0.323. The van der Waals surface area contributed by atoms with Crippen LogP contribution >= 0.6 is 0 Å².